The summed E-state index contributed by atoms with van der Waals surface area (Å²) < 4.78 is 6.21. The average molecular weight is 366 g/mol. The number of hydrogen-bond acceptors (Lipinski definition) is 5. The van der Waals surface area contributed by atoms with Crippen LogP contribution in [0.15, 0.2) is 48.0 Å². The lowest BCUT2D eigenvalue weighted by Gasteiger charge is -2.22. The molecular formula is C21H23N3OS. The first-order valence-corrected chi connectivity index (χ1v) is 9.83. The summed E-state index contributed by atoms with van der Waals surface area (Å²) >= 11 is 1.63. The highest BCUT2D eigenvalue weighted by molar-refractivity contribution is 7.13. The first-order valence-electron chi connectivity index (χ1n) is 8.95. The van der Waals surface area contributed by atoms with Gasteiger partial charge in [0, 0.05) is 23.1 Å². The molecule has 4 rings (SSSR count). The van der Waals surface area contributed by atoms with Gasteiger partial charge in [0.25, 0.3) is 0 Å². The van der Waals surface area contributed by atoms with E-state index in [9.17, 15) is 0 Å². The molecule has 1 aliphatic carbocycles. The molecule has 3 aromatic rings. The molecule has 4 nitrogen and oxygen atoms in total. The summed E-state index contributed by atoms with van der Waals surface area (Å²) in [7, 11) is 0. The first kappa shape index (κ1) is 17.0. The van der Waals surface area contributed by atoms with Crippen molar-refractivity contribution < 1.29 is 4.74 Å². The van der Waals surface area contributed by atoms with E-state index in [1.165, 1.54) is 18.5 Å². The van der Waals surface area contributed by atoms with Crippen LogP contribution in [-0.4, -0.2) is 9.97 Å². The summed E-state index contributed by atoms with van der Waals surface area (Å²) in [6.07, 6.45) is 4.26. The van der Waals surface area contributed by atoms with Crippen molar-refractivity contribution >= 4 is 22.2 Å². The molecule has 2 heterocycles. The van der Waals surface area contributed by atoms with Gasteiger partial charge < -0.3 is 10.1 Å². The Balaban J connectivity index is 1.60. The number of aromatic nitrogens is 2. The molecule has 2 aromatic heterocycles. The van der Waals surface area contributed by atoms with Crippen LogP contribution in [-0.2, 0) is 5.41 Å². The van der Waals surface area contributed by atoms with E-state index in [-0.39, 0.29) is 5.41 Å². The molecule has 0 aliphatic heterocycles. The number of anilines is 2. The Hall–Kier alpha value is -2.40. The second kappa shape index (κ2) is 6.72. The lowest BCUT2D eigenvalue weighted by molar-refractivity contribution is 0.442. The Morgan fingerprint density at radius 2 is 1.92 bits per heavy atom. The minimum Gasteiger partial charge on any atom is -0.437 e. The molecule has 0 bridgehead atoms. The summed E-state index contributed by atoms with van der Waals surface area (Å²) in [6, 6.07) is 12.0. The fourth-order valence-corrected chi connectivity index (χ4v) is 3.68. The molecule has 1 saturated carbocycles. The highest BCUT2D eigenvalue weighted by atomic mass is 32.1. The van der Waals surface area contributed by atoms with Crippen molar-refractivity contribution in [3.8, 4) is 11.6 Å². The molecule has 1 N–H and O–H groups in total. The lowest BCUT2D eigenvalue weighted by atomic mass is 9.86. The van der Waals surface area contributed by atoms with Crippen LogP contribution < -0.4 is 10.1 Å². The van der Waals surface area contributed by atoms with Crippen LogP contribution in [0.1, 0.15) is 50.8 Å². The van der Waals surface area contributed by atoms with Gasteiger partial charge in [-0.25, -0.2) is 9.97 Å². The van der Waals surface area contributed by atoms with Gasteiger partial charge >= 0.3 is 0 Å². The number of hydrogen-bond donors (Lipinski definition) is 1. The van der Waals surface area contributed by atoms with Gasteiger partial charge in [0.05, 0.1) is 5.69 Å². The number of pyridine rings is 1. The molecule has 1 aromatic carbocycles. The molecule has 0 radical (unpaired) electrons. The summed E-state index contributed by atoms with van der Waals surface area (Å²) in [6.45, 7) is 6.55. The Morgan fingerprint density at radius 3 is 2.69 bits per heavy atom. The fraction of sp³-hybridized carbons (Fsp3) is 0.333. The van der Waals surface area contributed by atoms with E-state index in [0.29, 0.717) is 11.8 Å². The predicted molar refractivity (Wildman–Crippen MR) is 107 cm³/mol. The van der Waals surface area contributed by atoms with Crippen molar-refractivity contribution in [3.63, 3.8) is 0 Å². The summed E-state index contributed by atoms with van der Waals surface area (Å²) in [4.78, 5) is 9.14. The van der Waals surface area contributed by atoms with Crippen LogP contribution in [0.25, 0.3) is 0 Å². The molecule has 1 aliphatic rings. The predicted octanol–water partition coefficient (Wildman–Crippen LogP) is 6.25. The molecule has 0 spiro atoms. The van der Waals surface area contributed by atoms with E-state index in [0.717, 1.165) is 22.1 Å². The van der Waals surface area contributed by atoms with Crippen LogP contribution in [0, 0.1) is 0 Å². The van der Waals surface area contributed by atoms with E-state index in [1.807, 2.05) is 30.3 Å². The number of thiazole rings is 1. The van der Waals surface area contributed by atoms with E-state index < -0.39 is 0 Å². The number of nitrogens with zero attached hydrogens (tertiary/aromatic N) is 2. The van der Waals surface area contributed by atoms with Gasteiger partial charge in [0.15, 0.2) is 5.13 Å². The molecule has 134 valence electrons. The fourth-order valence-electron chi connectivity index (χ4n) is 2.87. The van der Waals surface area contributed by atoms with Gasteiger partial charge in [-0.15, -0.1) is 11.3 Å². The van der Waals surface area contributed by atoms with Crippen LogP contribution in [0.2, 0.25) is 0 Å². The molecule has 0 unspecified atom stereocenters. The molecule has 26 heavy (non-hydrogen) atoms. The Bertz CT molecular complexity index is 909. The minimum absolute atomic E-state index is 0.00651. The van der Waals surface area contributed by atoms with E-state index in [2.05, 4.69) is 42.5 Å². The Labute approximate surface area is 158 Å². The first-order chi connectivity index (χ1) is 12.5. The number of nitrogens with one attached hydrogen (secondary N) is 1. The molecular weight excluding hydrogens is 342 g/mol. The third-order valence-electron chi connectivity index (χ3n) is 4.43. The Morgan fingerprint density at radius 1 is 1.12 bits per heavy atom. The van der Waals surface area contributed by atoms with Gasteiger partial charge in [-0.3, -0.25) is 0 Å². The largest absolute Gasteiger partial charge is 0.437 e. The quantitative estimate of drug-likeness (QED) is 0.580. The van der Waals surface area contributed by atoms with Crippen LogP contribution in [0.4, 0.5) is 10.8 Å². The van der Waals surface area contributed by atoms with E-state index in [1.54, 1.807) is 17.5 Å². The van der Waals surface area contributed by atoms with Crippen molar-refractivity contribution in [3.05, 3.63) is 59.2 Å². The monoisotopic (exact) mass is 365 g/mol. The number of ether oxygens (including phenoxy) is 1. The molecule has 0 amide bonds. The number of para-hydroxylation sites is 1. The van der Waals surface area contributed by atoms with Gasteiger partial charge in [0.1, 0.15) is 11.4 Å². The van der Waals surface area contributed by atoms with Crippen molar-refractivity contribution in [1.29, 1.82) is 0 Å². The van der Waals surface area contributed by atoms with Gasteiger partial charge in [-0.05, 0) is 36.5 Å². The highest BCUT2D eigenvalue weighted by Crippen LogP contribution is 2.42. The smallest absolute Gasteiger partial charge is 0.243 e. The zero-order valence-electron chi connectivity index (χ0n) is 15.3. The molecule has 5 heteroatoms. The van der Waals surface area contributed by atoms with Gasteiger partial charge in [-0.1, -0.05) is 39.0 Å². The zero-order chi connectivity index (χ0) is 18.1. The van der Waals surface area contributed by atoms with E-state index >= 15 is 0 Å². The third kappa shape index (κ3) is 3.73. The minimum atomic E-state index is -0.00651. The SMILES string of the molecule is CC(C)(C)c1ccccc1Oc1ncccc1Nc1nc(C2CC2)cs1. The topological polar surface area (TPSA) is 47.0 Å². The van der Waals surface area contributed by atoms with Crippen molar-refractivity contribution in [2.24, 2.45) is 0 Å². The third-order valence-corrected chi connectivity index (χ3v) is 5.21. The van der Waals surface area contributed by atoms with Crippen molar-refractivity contribution in [2.45, 2.75) is 44.9 Å². The lowest BCUT2D eigenvalue weighted by Crippen LogP contribution is -2.12. The van der Waals surface area contributed by atoms with Crippen molar-refractivity contribution in [2.75, 3.05) is 5.32 Å². The van der Waals surface area contributed by atoms with Crippen LogP contribution in [0.3, 0.4) is 0 Å². The van der Waals surface area contributed by atoms with Crippen LogP contribution >= 0.6 is 11.3 Å². The maximum absolute atomic E-state index is 6.21. The second-order valence-corrected chi connectivity index (χ2v) is 8.54. The standard InChI is InChI=1S/C21H23N3OS/c1-21(2,3)15-7-4-5-9-18(15)25-19-16(8-6-12-22-19)23-20-24-17(13-26-20)14-10-11-14/h4-9,12-14H,10-11H2,1-3H3,(H,23,24). The average Bonchev–Trinajstić information content (AvgIpc) is 3.36. The molecule has 1 fully saturated rings. The summed E-state index contributed by atoms with van der Waals surface area (Å²) in [5.41, 5.74) is 3.17. The highest BCUT2D eigenvalue weighted by Gasteiger charge is 2.26. The van der Waals surface area contributed by atoms with Crippen LogP contribution in [0.5, 0.6) is 11.6 Å². The normalized spacial score (nSPS) is 14.3. The van der Waals surface area contributed by atoms with Gasteiger partial charge in [-0.2, -0.15) is 0 Å². The van der Waals surface area contributed by atoms with Gasteiger partial charge in [0.2, 0.25) is 5.88 Å². The maximum atomic E-state index is 6.21. The molecule has 0 saturated heterocycles. The summed E-state index contributed by atoms with van der Waals surface area (Å²) in [5, 5.41) is 6.40. The Kier molecular flexibility index (Phi) is 4.41. The number of rotatable bonds is 5. The van der Waals surface area contributed by atoms with E-state index in [4.69, 9.17) is 9.72 Å². The maximum Gasteiger partial charge on any atom is 0.243 e. The van der Waals surface area contributed by atoms with Crippen molar-refractivity contribution in [1.82, 2.24) is 9.97 Å². The zero-order valence-corrected chi connectivity index (χ0v) is 16.1. The number of benzene rings is 1. The second-order valence-electron chi connectivity index (χ2n) is 7.68. The summed E-state index contributed by atoms with van der Waals surface area (Å²) in [5.74, 6) is 2.05. The molecule has 0 atom stereocenters.